The molecular formula is C48H28O3. The van der Waals surface area contributed by atoms with Gasteiger partial charge in [0.25, 0.3) is 0 Å². The van der Waals surface area contributed by atoms with Crippen LogP contribution in [-0.4, -0.2) is 0 Å². The summed E-state index contributed by atoms with van der Waals surface area (Å²) in [4.78, 5) is 0. The summed E-state index contributed by atoms with van der Waals surface area (Å²) in [5.74, 6) is 0. The van der Waals surface area contributed by atoms with Crippen molar-refractivity contribution < 1.29 is 13.3 Å². The second kappa shape index (κ2) is 10.8. The first-order valence-electron chi connectivity index (χ1n) is 17.2. The van der Waals surface area contributed by atoms with Crippen LogP contribution in [0, 0.1) is 0 Å². The van der Waals surface area contributed by atoms with E-state index in [-0.39, 0.29) is 0 Å². The maximum atomic E-state index is 6.50. The fourth-order valence-electron chi connectivity index (χ4n) is 8.04. The first-order valence-corrected chi connectivity index (χ1v) is 17.2. The van der Waals surface area contributed by atoms with Crippen LogP contribution in [0.4, 0.5) is 0 Å². The Morgan fingerprint density at radius 1 is 0.216 bits per heavy atom. The van der Waals surface area contributed by atoms with E-state index in [2.05, 4.69) is 133 Å². The van der Waals surface area contributed by atoms with Crippen molar-refractivity contribution in [2.75, 3.05) is 0 Å². The van der Waals surface area contributed by atoms with Gasteiger partial charge >= 0.3 is 0 Å². The Labute approximate surface area is 292 Å². The molecule has 0 N–H and O–H groups in total. The summed E-state index contributed by atoms with van der Waals surface area (Å²) in [5.41, 5.74) is 14.6. The molecule has 51 heavy (non-hydrogen) atoms. The standard InChI is InChI=1S/C48H28O3/c1-3-15-39-37(9-1)45-33(11-5-17-41(45)49-39)29-21-25-31(26-22-29)35-13-7-19-43-47(35)48-36(14-8-20-44(48)51-43)32-27-23-30(24-28-32)34-12-6-18-42-46(34)38-10-2-4-16-40(38)50-42/h1-28H. The van der Waals surface area contributed by atoms with Gasteiger partial charge in [0.1, 0.15) is 33.5 Å². The minimum absolute atomic E-state index is 0.879. The van der Waals surface area contributed by atoms with Crippen LogP contribution >= 0.6 is 0 Å². The van der Waals surface area contributed by atoms with Gasteiger partial charge in [0.05, 0.1) is 0 Å². The highest BCUT2D eigenvalue weighted by molar-refractivity contribution is 6.18. The molecule has 0 spiro atoms. The van der Waals surface area contributed by atoms with Crippen molar-refractivity contribution in [3.05, 3.63) is 170 Å². The summed E-state index contributed by atoms with van der Waals surface area (Å²) < 4.78 is 18.9. The number of furan rings is 3. The van der Waals surface area contributed by atoms with Crippen molar-refractivity contribution in [1.29, 1.82) is 0 Å². The first-order chi connectivity index (χ1) is 25.3. The number of rotatable bonds is 4. The highest BCUT2D eigenvalue weighted by Gasteiger charge is 2.18. The first kappa shape index (κ1) is 28.0. The Kier molecular flexibility index (Phi) is 5.96. The molecule has 3 heteroatoms. The molecule has 0 saturated carbocycles. The topological polar surface area (TPSA) is 39.4 Å². The molecule has 11 aromatic rings. The summed E-state index contributed by atoms with van der Waals surface area (Å²) in [7, 11) is 0. The second-order valence-corrected chi connectivity index (χ2v) is 13.2. The molecule has 238 valence electrons. The second-order valence-electron chi connectivity index (χ2n) is 13.2. The lowest BCUT2D eigenvalue weighted by atomic mass is 9.92. The summed E-state index contributed by atoms with van der Waals surface area (Å²) in [6, 6.07) is 59.6. The Morgan fingerprint density at radius 3 is 0.863 bits per heavy atom. The fraction of sp³-hybridized carbons (Fsp3) is 0. The van der Waals surface area contributed by atoms with Crippen molar-refractivity contribution in [1.82, 2.24) is 0 Å². The van der Waals surface area contributed by atoms with Crippen molar-refractivity contribution in [3.8, 4) is 44.5 Å². The van der Waals surface area contributed by atoms with E-state index in [1.165, 1.54) is 11.1 Å². The lowest BCUT2D eigenvalue weighted by molar-refractivity contribution is 0.668. The van der Waals surface area contributed by atoms with Crippen LogP contribution in [0.2, 0.25) is 0 Å². The van der Waals surface area contributed by atoms with Crippen LogP contribution in [0.3, 0.4) is 0 Å². The zero-order valence-corrected chi connectivity index (χ0v) is 27.4. The van der Waals surface area contributed by atoms with Crippen molar-refractivity contribution in [2.24, 2.45) is 0 Å². The largest absolute Gasteiger partial charge is 0.456 e. The minimum Gasteiger partial charge on any atom is -0.456 e. The van der Waals surface area contributed by atoms with Crippen LogP contribution in [0.15, 0.2) is 183 Å². The van der Waals surface area contributed by atoms with E-state index < -0.39 is 0 Å². The van der Waals surface area contributed by atoms with Gasteiger partial charge in [-0.05, 0) is 80.9 Å². The zero-order valence-electron chi connectivity index (χ0n) is 27.4. The van der Waals surface area contributed by atoms with Gasteiger partial charge in [-0.1, -0.05) is 133 Å². The zero-order chi connectivity index (χ0) is 33.5. The van der Waals surface area contributed by atoms with E-state index in [1.54, 1.807) is 0 Å². The van der Waals surface area contributed by atoms with E-state index in [1.807, 2.05) is 36.4 Å². The number of fused-ring (bicyclic) bond motifs is 9. The third kappa shape index (κ3) is 4.25. The lowest BCUT2D eigenvalue weighted by Gasteiger charge is -2.10. The average molecular weight is 653 g/mol. The molecule has 3 nitrogen and oxygen atoms in total. The summed E-state index contributed by atoms with van der Waals surface area (Å²) in [6.45, 7) is 0. The molecule has 0 aliphatic rings. The molecule has 0 aliphatic carbocycles. The van der Waals surface area contributed by atoms with Gasteiger partial charge < -0.3 is 13.3 Å². The Balaban J connectivity index is 1.02. The number of hydrogen-bond acceptors (Lipinski definition) is 3. The minimum atomic E-state index is 0.879. The Hall–Kier alpha value is -6.84. The number of benzene rings is 8. The molecule has 0 unspecified atom stereocenters. The predicted octanol–water partition coefficient (Wildman–Crippen LogP) is 14.1. The molecule has 0 bridgehead atoms. The third-order valence-corrected chi connectivity index (χ3v) is 10.3. The van der Waals surface area contributed by atoms with Crippen LogP contribution in [0.1, 0.15) is 0 Å². The molecule has 8 aromatic carbocycles. The van der Waals surface area contributed by atoms with Gasteiger partial charge in [-0.25, -0.2) is 0 Å². The Bertz CT molecular complexity index is 2900. The van der Waals surface area contributed by atoms with Crippen LogP contribution in [-0.2, 0) is 0 Å². The smallest absolute Gasteiger partial charge is 0.136 e. The SMILES string of the molecule is c1ccc2c(c1)oc1cccc(-c3ccc(-c4cccc5oc6cccc(-c7ccc(-c8cccc9oc%10ccccc%10c89)cc7)c6c45)cc3)c12. The third-order valence-electron chi connectivity index (χ3n) is 10.3. The molecule has 0 fully saturated rings. The predicted molar refractivity (Wildman–Crippen MR) is 210 cm³/mol. The van der Waals surface area contributed by atoms with E-state index in [4.69, 9.17) is 13.3 Å². The molecule has 3 heterocycles. The highest BCUT2D eigenvalue weighted by atomic mass is 16.3. The van der Waals surface area contributed by atoms with Crippen molar-refractivity contribution in [2.45, 2.75) is 0 Å². The normalized spacial score (nSPS) is 11.9. The van der Waals surface area contributed by atoms with Crippen LogP contribution in [0.5, 0.6) is 0 Å². The summed E-state index contributed by atoms with van der Waals surface area (Å²) in [5, 5.41) is 6.81. The molecule has 0 saturated heterocycles. The number of hydrogen-bond donors (Lipinski definition) is 0. The molecule has 11 rings (SSSR count). The van der Waals surface area contributed by atoms with Crippen molar-refractivity contribution >= 4 is 65.8 Å². The number of para-hydroxylation sites is 2. The van der Waals surface area contributed by atoms with Gasteiger partial charge in [-0.3, -0.25) is 0 Å². The van der Waals surface area contributed by atoms with E-state index in [9.17, 15) is 0 Å². The summed E-state index contributed by atoms with van der Waals surface area (Å²) in [6.07, 6.45) is 0. The van der Waals surface area contributed by atoms with Gasteiger partial charge in [-0.2, -0.15) is 0 Å². The maximum Gasteiger partial charge on any atom is 0.136 e. The van der Waals surface area contributed by atoms with E-state index in [0.29, 0.717) is 0 Å². The van der Waals surface area contributed by atoms with Gasteiger partial charge in [0.15, 0.2) is 0 Å². The van der Waals surface area contributed by atoms with Gasteiger partial charge in [0, 0.05) is 32.3 Å². The quantitative estimate of drug-likeness (QED) is 0.190. The average Bonchev–Trinajstić information content (AvgIpc) is 3.89. The molecule has 0 amide bonds. The van der Waals surface area contributed by atoms with Gasteiger partial charge in [0.2, 0.25) is 0 Å². The van der Waals surface area contributed by atoms with Crippen LogP contribution < -0.4 is 0 Å². The molecular weight excluding hydrogens is 625 g/mol. The van der Waals surface area contributed by atoms with E-state index in [0.717, 1.165) is 99.2 Å². The van der Waals surface area contributed by atoms with Crippen molar-refractivity contribution in [3.63, 3.8) is 0 Å². The fourth-order valence-corrected chi connectivity index (χ4v) is 8.04. The molecule has 3 aromatic heterocycles. The summed E-state index contributed by atoms with van der Waals surface area (Å²) >= 11 is 0. The van der Waals surface area contributed by atoms with Crippen LogP contribution in [0.25, 0.3) is 110 Å². The monoisotopic (exact) mass is 652 g/mol. The molecule has 0 atom stereocenters. The van der Waals surface area contributed by atoms with E-state index >= 15 is 0 Å². The maximum absolute atomic E-state index is 6.50. The van der Waals surface area contributed by atoms with Gasteiger partial charge in [-0.15, -0.1) is 0 Å². The Morgan fingerprint density at radius 2 is 0.490 bits per heavy atom. The lowest BCUT2D eigenvalue weighted by Crippen LogP contribution is -1.85. The highest BCUT2D eigenvalue weighted by Crippen LogP contribution is 2.43. The molecule has 0 aliphatic heterocycles. The molecule has 0 radical (unpaired) electrons.